The van der Waals surface area contributed by atoms with Crippen LogP contribution in [0.15, 0.2) is 30.6 Å². The topological polar surface area (TPSA) is 24.9 Å². The molecule has 1 saturated heterocycles. The highest BCUT2D eigenvalue weighted by Gasteiger charge is 2.11. The van der Waals surface area contributed by atoms with Crippen molar-refractivity contribution in [1.82, 2.24) is 10.3 Å². The molecular formula is C12H16N2. The van der Waals surface area contributed by atoms with Crippen LogP contribution in [-0.2, 0) is 0 Å². The summed E-state index contributed by atoms with van der Waals surface area (Å²) < 4.78 is 0. The molecule has 1 N–H and O–H groups in total. The Morgan fingerprint density at radius 3 is 3.29 bits per heavy atom. The van der Waals surface area contributed by atoms with Crippen molar-refractivity contribution in [3.8, 4) is 0 Å². The van der Waals surface area contributed by atoms with Crippen LogP contribution in [0.4, 0.5) is 0 Å². The fourth-order valence-corrected chi connectivity index (χ4v) is 1.80. The zero-order valence-corrected chi connectivity index (χ0v) is 8.32. The minimum atomic E-state index is 0.697. The third-order valence-electron chi connectivity index (χ3n) is 2.58. The van der Waals surface area contributed by atoms with Gasteiger partial charge in [0.25, 0.3) is 0 Å². The molecule has 2 heterocycles. The Morgan fingerprint density at radius 1 is 1.57 bits per heavy atom. The first-order chi connectivity index (χ1) is 6.95. The minimum absolute atomic E-state index is 0.697. The van der Waals surface area contributed by atoms with E-state index in [0.29, 0.717) is 6.04 Å². The fraction of sp³-hybridized carbons (Fsp3) is 0.417. The molecule has 2 rings (SSSR count). The zero-order valence-electron chi connectivity index (χ0n) is 8.32. The maximum atomic E-state index is 4.07. The molecule has 1 aromatic heterocycles. The van der Waals surface area contributed by atoms with Crippen molar-refractivity contribution >= 4 is 6.08 Å². The van der Waals surface area contributed by atoms with Crippen molar-refractivity contribution < 1.29 is 0 Å². The van der Waals surface area contributed by atoms with Crippen LogP contribution in [0, 0.1) is 0 Å². The maximum absolute atomic E-state index is 4.07. The van der Waals surface area contributed by atoms with Gasteiger partial charge in [0.15, 0.2) is 0 Å². The number of nitrogens with zero attached hydrogens (tertiary/aromatic N) is 1. The molecule has 0 aliphatic carbocycles. The normalized spacial score (nSPS) is 21.9. The summed E-state index contributed by atoms with van der Waals surface area (Å²) in [5.74, 6) is 0. The number of hydrogen-bond donors (Lipinski definition) is 1. The standard InChI is InChI=1S/C12H16N2/c1(6-12-7-3-9-14-12)4-11-5-2-8-13-10-11/h1-2,4-5,8,10,12,14H,3,6-7,9H2/b4-1+/t12-/m1/s1. The highest BCUT2D eigenvalue weighted by Crippen LogP contribution is 2.10. The summed E-state index contributed by atoms with van der Waals surface area (Å²) in [4.78, 5) is 4.07. The molecule has 1 aliphatic heterocycles. The van der Waals surface area contributed by atoms with E-state index in [1.165, 1.54) is 24.9 Å². The Bertz CT molecular complexity index is 286. The average molecular weight is 188 g/mol. The summed E-state index contributed by atoms with van der Waals surface area (Å²) in [6, 6.07) is 4.74. The molecule has 2 heteroatoms. The molecule has 0 unspecified atom stereocenters. The van der Waals surface area contributed by atoms with Gasteiger partial charge in [-0.2, -0.15) is 0 Å². The largest absolute Gasteiger partial charge is 0.314 e. The van der Waals surface area contributed by atoms with E-state index in [2.05, 4.69) is 28.5 Å². The number of aromatic nitrogens is 1. The first-order valence-electron chi connectivity index (χ1n) is 5.25. The average Bonchev–Trinajstić information content (AvgIpc) is 2.72. The number of pyridine rings is 1. The van der Waals surface area contributed by atoms with Gasteiger partial charge in [0.05, 0.1) is 0 Å². The SMILES string of the molecule is C(=C\c1cccnc1)/C[C@@H]1CCCN1. The first kappa shape index (κ1) is 9.41. The summed E-state index contributed by atoms with van der Waals surface area (Å²) in [6.07, 6.45) is 11.8. The molecule has 1 aromatic rings. The Labute approximate surface area is 85.1 Å². The molecule has 1 atom stereocenters. The lowest BCUT2D eigenvalue weighted by molar-refractivity contribution is 0.615. The van der Waals surface area contributed by atoms with Crippen LogP contribution in [0.2, 0.25) is 0 Å². The van der Waals surface area contributed by atoms with Crippen LogP contribution in [0.5, 0.6) is 0 Å². The predicted molar refractivity (Wildman–Crippen MR) is 58.9 cm³/mol. The lowest BCUT2D eigenvalue weighted by Gasteiger charge is -2.04. The van der Waals surface area contributed by atoms with E-state index in [-0.39, 0.29) is 0 Å². The van der Waals surface area contributed by atoms with Crippen molar-refractivity contribution in [2.45, 2.75) is 25.3 Å². The Balaban J connectivity index is 1.82. The van der Waals surface area contributed by atoms with E-state index in [9.17, 15) is 0 Å². The monoisotopic (exact) mass is 188 g/mol. The quantitative estimate of drug-likeness (QED) is 0.787. The Kier molecular flexibility index (Phi) is 3.30. The second-order valence-corrected chi connectivity index (χ2v) is 3.72. The summed E-state index contributed by atoms with van der Waals surface area (Å²) in [6.45, 7) is 1.19. The molecule has 0 aromatic carbocycles. The molecule has 14 heavy (non-hydrogen) atoms. The van der Waals surface area contributed by atoms with Crippen LogP contribution in [-0.4, -0.2) is 17.6 Å². The van der Waals surface area contributed by atoms with Crippen LogP contribution in [0.25, 0.3) is 6.08 Å². The van der Waals surface area contributed by atoms with Crippen molar-refractivity contribution in [3.63, 3.8) is 0 Å². The molecule has 0 amide bonds. The van der Waals surface area contributed by atoms with E-state index < -0.39 is 0 Å². The number of nitrogens with one attached hydrogen (secondary N) is 1. The summed E-state index contributed by atoms with van der Waals surface area (Å²) >= 11 is 0. The Morgan fingerprint density at radius 2 is 2.57 bits per heavy atom. The van der Waals surface area contributed by atoms with Crippen molar-refractivity contribution in [2.24, 2.45) is 0 Å². The minimum Gasteiger partial charge on any atom is -0.314 e. The highest BCUT2D eigenvalue weighted by atomic mass is 14.9. The number of rotatable bonds is 3. The molecule has 0 saturated carbocycles. The van der Waals surface area contributed by atoms with Crippen LogP contribution >= 0.6 is 0 Å². The second kappa shape index (κ2) is 4.91. The first-order valence-corrected chi connectivity index (χ1v) is 5.25. The molecule has 1 aliphatic rings. The van der Waals surface area contributed by atoms with Gasteiger partial charge < -0.3 is 5.32 Å². The maximum Gasteiger partial charge on any atom is 0.0340 e. The third kappa shape index (κ3) is 2.67. The van der Waals surface area contributed by atoms with E-state index in [1.807, 2.05) is 12.3 Å². The fourth-order valence-electron chi connectivity index (χ4n) is 1.80. The van der Waals surface area contributed by atoms with Gasteiger partial charge in [-0.25, -0.2) is 0 Å². The van der Waals surface area contributed by atoms with Crippen LogP contribution in [0.3, 0.4) is 0 Å². The summed E-state index contributed by atoms with van der Waals surface area (Å²) in [5, 5.41) is 3.48. The van der Waals surface area contributed by atoms with Crippen LogP contribution < -0.4 is 5.32 Å². The van der Waals surface area contributed by atoms with Gasteiger partial charge in [-0.05, 0) is 37.4 Å². The molecule has 2 nitrogen and oxygen atoms in total. The Hall–Kier alpha value is -1.15. The van der Waals surface area contributed by atoms with E-state index in [1.54, 1.807) is 6.20 Å². The van der Waals surface area contributed by atoms with Gasteiger partial charge in [-0.15, -0.1) is 0 Å². The molecule has 0 radical (unpaired) electrons. The smallest absolute Gasteiger partial charge is 0.0340 e. The van der Waals surface area contributed by atoms with E-state index in [4.69, 9.17) is 0 Å². The van der Waals surface area contributed by atoms with Crippen molar-refractivity contribution in [2.75, 3.05) is 6.54 Å². The molecule has 1 fully saturated rings. The van der Waals surface area contributed by atoms with Gasteiger partial charge in [0.2, 0.25) is 0 Å². The van der Waals surface area contributed by atoms with E-state index in [0.717, 1.165) is 6.42 Å². The molecule has 74 valence electrons. The summed E-state index contributed by atoms with van der Waals surface area (Å²) in [7, 11) is 0. The lowest BCUT2D eigenvalue weighted by atomic mass is 10.1. The lowest BCUT2D eigenvalue weighted by Crippen LogP contribution is -2.19. The van der Waals surface area contributed by atoms with Crippen molar-refractivity contribution in [1.29, 1.82) is 0 Å². The van der Waals surface area contributed by atoms with Gasteiger partial charge in [-0.1, -0.05) is 18.2 Å². The third-order valence-corrected chi connectivity index (χ3v) is 2.58. The van der Waals surface area contributed by atoms with Gasteiger partial charge in [0.1, 0.15) is 0 Å². The highest BCUT2D eigenvalue weighted by molar-refractivity contribution is 5.47. The molecule has 0 spiro atoms. The second-order valence-electron chi connectivity index (χ2n) is 3.72. The van der Waals surface area contributed by atoms with Gasteiger partial charge >= 0.3 is 0 Å². The molecular weight excluding hydrogens is 172 g/mol. The predicted octanol–water partition coefficient (Wildman–Crippen LogP) is 2.24. The van der Waals surface area contributed by atoms with Gasteiger partial charge in [-0.3, -0.25) is 4.98 Å². The van der Waals surface area contributed by atoms with Crippen molar-refractivity contribution in [3.05, 3.63) is 36.2 Å². The van der Waals surface area contributed by atoms with E-state index >= 15 is 0 Å². The van der Waals surface area contributed by atoms with Gasteiger partial charge in [0, 0.05) is 18.4 Å². The van der Waals surface area contributed by atoms with Crippen LogP contribution in [0.1, 0.15) is 24.8 Å². The zero-order chi connectivity index (χ0) is 9.64. The molecule has 0 bridgehead atoms. The summed E-state index contributed by atoms with van der Waals surface area (Å²) in [5.41, 5.74) is 1.19. The number of hydrogen-bond acceptors (Lipinski definition) is 2.